The molecule has 0 unspecified atom stereocenters. The molecule has 0 amide bonds. The van der Waals surface area contributed by atoms with Crippen molar-refractivity contribution in [3.05, 3.63) is 0 Å². The normalized spacial score (nSPS) is 14.3. The fourth-order valence-corrected chi connectivity index (χ4v) is 10.9. The maximum absolute atomic E-state index is 6.30. The fourth-order valence-electron chi connectivity index (χ4n) is 5.12. The average molecular weight is 317 g/mol. The van der Waals surface area contributed by atoms with Gasteiger partial charge in [-0.1, -0.05) is 81.1 Å². The molecule has 3 heteroatoms. The van der Waals surface area contributed by atoms with Gasteiger partial charge in [-0.15, -0.1) is 0 Å². The summed E-state index contributed by atoms with van der Waals surface area (Å²) in [4.78, 5) is 0. The zero-order chi connectivity index (χ0) is 16.9. The van der Waals surface area contributed by atoms with Crippen LogP contribution in [0.1, 0.15) is 81.1 Å². The zero-order valence-corrected chi connectivity index (χ0v) is 17.3. The van der Waals surface area contributed by atoms with Crippen molar-refractivity contribution < 1.29 is 8.85 Å². The fraction of sp³-hybridized carbons (Fsp3) is 1.00. The molecule has 0 radical (unpaired) electrons. The minimum Gasteiger partial charge on any atom is -0.397 e. The highest BCUT2D eigenvalue weighted by Crippen LogP contribution is 2.61. The van der Waals surface area contributed by atoms with Gasteiger partial charge < -0.3 is 8.85 Å². The first-order valence-electron chi connectivity index (χ1n) is 8.76. The Balaban J connectivity index is 6.03. The summed E-state index contributed by atoms with van der Waals surface area (Å²) in [6.07, 6.45) is 4.74. The first kappa shape index (κ1) is 21.1. The largest absolute Gasteiger partial charge is 0.397 e. The van der Waals surface area contributed by atoms with Crippen LogP contribution >= 0.6 is 0 Å². The smallest absolute Gasteiger partial charge is 0.349 e. The average Bonchev–Trinajstić information content (AvgIpc) is 2.41. The Labute approximate surface area is 135 Å². The van der Waals surface area contributed by atoms with Crippen molar-refractivity contribution >= 4 is 8.56 Å². The maximum atomic E-state index is 6.30. The number of hydrogen-bond donors (Lipinski definition) is 0. The van der Waals surface area contributed by atoms with Crippen LogP contribution in [0.4, 0.5) is 0 Å². The first-order chi connectivity index (χ1) is 9.66. The second kappa shape index (κ2) is 8.12. The Kier molecular flexibility index (Phi) is 8.17. The van der Waals surface area contributed by atoms with Crippen molar-refractivity contribution in [3.63, 3.8) is 0 Å². The molecule has 0 rings (SSSR count). The summed E-state index contributed by atoms with van der Waals surface area (Å²) in [7, 11) is 1.35. The molecule has 0 atom stereocenters. The second-order valence-corrected chi connectivity index (χ2v) is 12.1. The molecule has 0 spiro atoms. The second-order valence-electron chi connectivity index (χ2n) is 7.50. The minimum absolute atomic E-state index is 0.0894. The molecule has 0 aliphatic carbocycles. The molecule has 0 aliphatic rings. The van der Waals surface area contributed by atoms with Gasteiger partial charge in [0.25, 0.3) is 0 Å². The van der Waals surface area contributed by atoms with Gasteiger partial charge in [0.1, 0.15) is 0 Å². The van der Waals surface area contributed by atoms with E-state index < -0.39 is 8.56 Å². The van der Waals surface area contributed by atoms with E-state index in [-0.39, 0.29) is 10.1 Å². The van der Waals surface area contributed by atoms with Crippen LogP contribution in [0.2, 0.25) is 10.1 Å². The van der Waals surface area contributed by atoms with Gasteiger partial charge in [-0.25, -0.2) is 0 Å². The van der Waals surface area contributed by atoms with Crippen LogP contribution in [-0.2, 0) is 8.85 Å². The number of hydrogen-bond acceptors (Lipinski definition) is 2. The van der Waals surface area contributed by atoms with E-state index in [0.29, 0.717) is 11.8 Å². The van der Waals surface area contributed by atoms with Crippen LogP contribution in [0.25, 0.3) is 0 Å². The van der Waals surface area contributed by atoms with Crippen molar-refractivity contribution in [1.29, 1.82) is 0 Å². The van der Waals surface area contributed by atoms with E-state index in [1.54, 1.807) is 0 Å². The molecule has 0 aromatic rings. The van der Waals surface area contributed by atoms with E-state index >= 15 is 0 Å². The van der Waals surface area contributed by atoms with Gasteiger partial charge in [-0.05, 0) is 11.8 Å². The minimum atomic E-state index is -2.41. The molecule has 0 saturated carbocycles. The summed E-state index contributed by atoms with van der Waals surface area (Å²) < 4.78 is 12.6. The zero-order valence-electron chi connectivity index (χ0n) is 16.3. The van der Waals surface area contributed by atoms with E-state index in [9.17, 15) is 0 Å². The molecule has 128 valence electrons. The third kappa shape index (κ3) is 3.40. The monoisotopic (exact) mass is 316 g/mol. The van der Waals surface area contributed by atoms with Gasteiger partial charge >= 0.3 is 8.56 Å². The Morgan fingerprint density at radius 1 is 0.667 bits per heavy atom. The molecule has 0 fully saturated rings. The van der Waals surface area contributed by atoms with Gasteiger partial charge in [0, 0.05) is 24.3 Å². The number of rotatable bonds is 10. The topological polar surface area (TPSA) is 18.5 Å². The van der Waals surface area contributed by atoms with Gasteiger partial charge in [-0.2, -0.15) is 0 Å². The maximum Gasteiger partial charge on any atom is 0.349 e. The first-order valence-corrected chi connectivity index (χ1v) is 10.6. The molecule has 21 heavy (non-hydrogen) atoms. The molecule has 0 bridgehead atoms. The van der Waals surface area contributed by atoms with Crippen molar-refractivity contribution in [2.24, 2.45) is 11.8 Å². The lowest BCUT2D eigenvalue weighted by Crippen LogP contribution is -2.61. The van der Waals surface area contributed by atoms with Crippen LogP contribution in [0, 0.1) is 11.8 Å². The molecule has 0 aromatic heterocycles. The quantitative estimate of drug-likeness (QED) is 0.450. The SMILES string of the molecule is CCC(CC)C(C)(C)[Si](OC)(OC)C(C)(C)C(CC)CC. The molecule has 2 nitrogen and oxygen atoms in total. The van der Waals surface area contributed by atoms with Crippen LogP contribution in [0.5, 0.6) is 0 Å². The molecule has 0 heterocycles. The van der Waals surface area contributed by atoms with Crippen molar-refractivity contribution in [3.8, 4) is 0 Å². The summed E-state index contributed by atoms with van der Waals surface area (Å²) in [5, 5.41) is 0.179. The molecular formula is C18H40O2Si. The van der Waals surface area contributed by atoms with E-state index in [1.807, 2.05) is 14.2 Å². The lowest BCUT2D eigenvalue weighted by Gasteiger charge is -2.55. The van der Waals surface area contributed by atoms with Gasteiger partial charge in [0.15, 0.2) is 0 Å². The van der Waals surface area contributed by atoms with Gasteiger partial charge in [-0.3, -0.25) is 0 Å². The molecule has 0 saturated heterocycles. The lowest BCUT2D eigenvalue weighted by atomic mass is 9.88. The molecule has 0 aliphatic heterocycles. The van der Waals surface area contributed by atoms with Crippen LogP contribution in [-0.4, -0.2) is 22.8 Å². The highest BCUT2D eigenvalue weighted by molar-refractivity contribution is 6.73. The van der Waals surface area contributed by atoms with E-state index in [1.165, 1.54) is 25.7 Å². The summed E-state index contributed by atoms with van der Waals surface area (Å²) in [5.74, 6) is 1.27. The highest BCUT2D eigenvalue weighted by Gasteiger charge is 2.64. The molecule has 0 N–H and O–H groups in total. The summed E-state index contributed by atoms with van der Waals surface area (Å²) >= 11 is 0. The van der Waals surface area contributed by atoms with E-state index in [2.05, 4.69) is 55.4 Å². The third-order valence-electron chi connectivity index (χ3n) is 6.28. The Morgan fingerprint density at radius 3 is 1.05 bits per heavy atom. The molecule has 0 aromatic carbocycles. The van der Waals surface area contributed by atoms with Crippen LogP contribution in [0.15, 0.2) is 0 Å². The van der Waals surface area contributed by atoms with Crippen molar-refractivity contribution in [1.82, 2.24) is 0 Å². The summed E-state index contributed by atoms with van der Waals surface area (Å²) in [5.41, 5.74) is 0. The Hall–Kier alpha value is 0.137. The third-order valence-corrected chi connectivity index (χ3v) is 11.6. The Bertz CT molecular complexity index is 262. The summed E-state index contributed by atoms with van der Waals surface area (Å²) in [6.45, 7) is 18.7. The van der Waals surface area contributed by atoms with E-state index in [0.717, 1.165) is 0 Å². The van der Waals surface area contributed by atoms with Crippen LogP contribution < -0.4 is 0 Å². The predicted molar refractivity (Wildman–Crippen MR) is 96.0 cm³/mol. The van der Waals surface area contributed by atoms with Gasteiger partial charge in [0.2, 0.25) is 0 Å². The van der Waals surface area contributed by atoms with E-state index in [4.69, 9.17) is 8.85 Å². The standard InChI is InChI=1S/C18H40O2Si/c1-11-15(12-2)17(5,6)21(19-9,20-10)18(7,8)16(13-3)14-4/h15-16H,11-14H2,1-10H3. The van der Waals surface area contributed by atoms with Crippen molar-refractivity contribution in [2.75, 3.05) is 14.2 Å². The summed E-state index contributed by atoms with van der Waals surface area (Å²) in [6, 6.07) is 0. The van der Waals surface area contributed by atoms with Gasteiger partial charge in [0.05, 0.1) is 0 Å². The predicted octanol–water partition coefficient (Wildman–Crippen LogP) is 6.15. The molecular weight excluding hydrogens is 276 g/mol. The van der Waals surface area contributed by atoms with Crippen LogP contribution in [0.3, 0.4) is 0 Å². The van der Waals surface area contributed by atoms with Crippen molar-refractivity contribution in [2.45, 2.75) is 91.1 Å². The highest BCUT2D eigenvalue weighted by atomic mass is 28.4. The lowest BCUT2D eigenvalue weighted by molar-refractivity contribution is 0.131. The Morgan fingerprint density at radius 2 is 0.905 bits per heavy atom.